The second-order valence-corrected chi connectivity index (χ2v) is 7.90. The van der Waals surface area contributed by atoms with Crippen molar-refractivity contribution in [3.63, 3.8) is 0 Å². The quantitative estimate of drug-likeness (QED) is 0.865. The van der Waals surface area contributed by atoms with Gasteiger partial charge in [-0.15, -0.1) is 0 Å². The molecule has 1 aliphatic carbocycles. The van der Waals surface area contributed by atoms with Crippen LogP contribution in [0.15, 0.2) is 0 Å². The van der Waals surface area contributed by atoms with Crippen molar-refractivity contribution in [1.82, 2.24) is 10.2 Å². The minimum Gasteiger partial charge on any atom is -0.444 e. The molecule has 1 N–H and O–H groups in total. The van der Waals surface area contributed by atoms with E-state index >= 15 is 0 Å². The normalized spacial score (nSPS) is 30.5. The highest BCUT2D eigenvalue weighted by Gasteiger charge is 2.58. The number of rotatable bonds is 4. The maximum atomic E-state index is 11.9. The molecule has 1 aliphatic heterocycles. The minimum atomic E-state index is -0.441. The first-order chi connectivity index (χ1) is 9.63. The van der Waals surface area contributed by atoms with Gasteiger partial charge >= 0.3 is 6.09 Å². The highest BCUT2D eigenvalue weighted by Crippen LogP contribution is 2.51. The average Bonchev–Trinajstić information content (AvgIpc) is 2.78. The van der Waals surface area contributed by atoms with Crippen LogP contribution >= 0.6 is 0 Å². The van der Waals surface area contributed by atoms with Gasteiger partial charge in [-0.25, -0.2) is 4.79 Å². The van der Waals surface area contributed by atoms with E-state index < -0.39 is 5.60 Å². The third kappa shape index (κ3) is 3.51. The molecule has 2 aliphatic rings. The largest absolute Gasteiger partial charge is 0.444 e. The van der Waals surface area contributed by atoms with E-state index in [0.717, 1.165) is 19.6 Å². The van der Waals surface area contributed by atoms with Gasteiger partial charge in [0.1, 0.15) is 5.60 Å². The van der Waals surface area contributed by atoms with Gasteiger partial charge in [0.2, 0.25) is 0 Å². The fourth-order valence-corrected chi connectivity index (χ4v) is 3.56. The van der Waals surface area contributed by atoms with Crippen LogP contribution in [0.1, 0.15) is 41.0 Å². The molecule has 1 saturated heterocycles. The van der Waals surface area contributed by atoms with Crippen molar-refractivity contribution in [3.05, 3.63) is 0 Å². The van der Waals surface area contributed by atoms with E-state index in [-0.39, 0.29) is 11.5 Å². The van der Waals surface area contributed by atoms with Crippen LogP contribution < -0.4 is 5.32 Å². The maximum absolute atomic E-state index is 11.9. The highest BCUT2D eigenvalue weighted by molar-refractivity contribution is 5.67. The van der Waals surface area contributed by atoms with E-state index in [1.54, 1.807) is 11.9 Å². The zero-order valence-electron chi connectivity index (χ0n) is 14.2. The number of nitrogens with zero attached hydrogens (tertiary/aromatic N) is 1. The summed E-state index contributed by atoms with van der Waals surface area (Å²) >= 11 is 0. The minimum absolute atomic E-state index is 0.186. The van der Waals surface area contributed by atoms with Gasteiger partial charge in [-0.2, -0.15) is 0 Å². The standard InChI is InChI=1S/C16H30N2O3/c1-15(2,3)21-14(19)18(6)9-8-17-12-11-7-10-20-13(11)16(12,4)5/h11-13,17H,7-10H2,1-6H3. The van der Waals surface area contributed by atoms with Crippen LogP contribution in [-0.4, -0.2) is 55.5 Å². The van der Waals surface area contributed by atoms with Gasteiger partial charge in [0.05, 0.1) is 6.10 Å². The third-order valence-corrected chi connectivity index (χ3v) is 4.62. The molecule has 0 radical (unpaired) electrons. The van der Waals surface area contributed by atoms with Crippen molar-refractivity contribution >= 4 is 6.09 Å². The Morgan fingerprint density at radius 3 is 2.71 bits per heavy atom. The van der Waals surface area contributed by atoms with Crippen molar-refractivity contribution < 1.29 is 14.3 Å². The molecule has 5 heteroatoms. The van der Waals surface area contributed by atoms with Crippen molar-refractivity contribution in [1.29, 1.82) is 0 Å². The Kier molecular flexibility index (Phi) is 4.54. The molecule has 21 heavy (non-hydrogen) atoms. The summed E-state index contributed by atoms with van der Waals surface area (Å²) in [5.41, 5.74) is -0.255. The van der Waals surface area contributed by atoms with Crippen LogP contribution in [0.3, 0.4) is 0 Å². The van der Waals surface area contributed by atoms with Gasteiger partial charge in [0.15, 0.2) is 0 Å². The summed E-state index contributed by atoms with van der Waals surface area (Å²) in [5.74, 6) is 0.631. The molecule has 0 bridgehead atoms. The molecular formula is C16H30N2O3. The fraction of sp³-hybridized carbons (Fsp3) is 0.938. The fourth-order valence-electron chi connectivity index (χ4n) is 3.56. The summed E-state index contributed by atoms with van der Waals surface area (Å²) in [6, 6.07) is 0.483. The SMILES string of the molecule is CN(CCNC1C2CCOC2C1(C)C)C(=O)OC(C)(C)C. The monoisotopic (exact) mass is 298 g/mol. The number of fused-ring (bicyclic) bond motifs is 1. The molecule has 122 valence electrons. The lowest BCUT2D eigenvalue weighted by Gasteiger charge is -2.55. The van der Waals surface area contributed by atoms with Crippen LogP contribution in [0.4, 0.5) is 4.79 Å². The number of ether oxygens (including phenoxy) is 2. The van der Waals surface area contributed by atoms with Crippen LogP contribution in [-0.2, 0) is 9.47 Å². The first-order valence-corrected chi connectivity index (χ1v) is 7.92. The van der Waals surface area contributed by atoms with Crippen molar-refractivity contribution in [2.24, 2.45) is 11.3 Å². The molecule has 0 spiro atoms. The average molecular weight is 298 g/mol. The zero-order valence-corrected chi connectivity index (χ0v) is 14.2. The number of nitrogens with one attached hydrogen (secondary N) is 1. The molecule has 2 fully saturated rings. The van der Waals surface area contributed by atoms with Gasteiger partial charge in [-0.3, -0.25) is 0 Å². The summed E-state index contributed by atoms with van der Waals surface area (Å²) in [6.45, 7) is 12.5. The first kappa shape index (κ1) is 16.6. The Hall–Kier alpha value is -0.810. The third-order valence-electron chi connectivity index (χ3n) is 4.62. The van der Waals surface area contributed by atoms with Crippen LogP contribution in [0.5, 0.6) is 0 Å². The Labute approximate surface area is 128 Å². The van der Waals surface area contributed by atoms with Crippen LogP contribution in [0.25, 0.3) is 0 Å². The summed E-state index contributed by atoms with van der Waals surface area (Å²) in [7, 11) is 1.78. The Morgan fingerprint density at radius 1 is 1.43 bits per heavy atom. The predicted molar refractivity (Wildman–Crippen MR) is 82.3 cm³/mol. The Bertz CT molecular complexity index is 389. The van der Waals surface area contributed by atoms with Gasteiger partial charge in [0.25, 0.3) is 0 Å². The molecular weight excluding hydrogens is 268 g/mol. The lowest BCUT2D eigenvalue weighted by molar-refractivity contribution is -0.112. The number of hydrogen-bond donors (Lipinski definition) is 1. The second-order valence-electron chi connectivity index (χ2n) is 7.90. The number of carbonyl (C=O) groups excluding carboxylic acids is 1. The van der Waals surface area contributed by atoms with E-state index in [1.807, 2.05) is 20.8 Å². The van der Waals surface area contributed by atoms with E-state index in [2.05, 4.69) is 19.2 Å². The van der Waals surface area contributed by atoms with Crippen molar-refractivity contribution in [3.8, 4) is 0 Å². The number of carbonyl (C=O) groups is 1. The van der Waals surface area contributed by atoms with Crippen molar-refractivity contribution in [2.45, 2.75) is 58.8 Å². The van der Waals surface area contributed by atoms with E-state index in [4.69, 9.17) is 9.47 Å². The van der Waals surface area contributed by atoms with Crippen molar-refractivity contribution in [2.75, 3.05) is 26.7 Å². The zero-order chi connectivity index (χ0) is 15.8. The summed E-state index contributed by atoms with van der Waals surface area (Å²) < 4.78 is 11.1. The van der Waals surface area contributed by atoms with Gasteiger partial charge < -0.3 is 19.7 Å². The first-order valence-electron chi connectivity index (χ1n) is 7.92. The predicted octanol–water partition coefficient (Wildman–Crippen LogP) is 2.26. The molecule has 1 heterocycles. The van der Waals surface area contributed by atoms with E-state index in [0.29, 0.717) is 24.6 Å². The number of amides is 1. The highest BCUT2D eigenvalue weighted by atomic mass is 16.6. The summed E-state index contributed by atoms with van der Waals surface area (Å²) in [6.07, 6.45) is 1.28. The second kappa shape index (κ2) is 5.76. The van der Waals surface area contributed by atoms with Crippen LogP contribution in [0.2, 0.25) is 0 Å². The van der Waals surface area contributed by atoms with E-state index in [1.165, 1.54) is 0 Å². The Morgan fingerprint density at radius 2 is 2.10 bits per heavy atom. The number of hydrogen-bond acceptors (Lipinski definition) is 4. The molecule has 0 aromatic heterocycles. The maximum Gasteiger partial charge on any atom is 0.410 e. The number of likely N-dealkylation sites (N-methyl/N-ethyl adjacent to an activating group) is 1. The smallest absolute Gasteiger partial charge is 0.410 e. The molecule has 3 atom stereocenters. The molecule has 1 saturated carbocycles. The topological polar surface area (TPSA) is 50.8 Å². The lowest BCUT2D eigenvalue weighted by atomic mass is 9.57. The molecule has 3 unspecified atom stereocenters. The molecule has 5 nitrogen and oxygen atoms in total. The Balaban J connectivity index is 1.73. The van der Waals surface area contributed by atoms with Gasteiger partial charge in [-0.05, 0) is 27.2 Å². The molecule has 0 aromatic rings. The summed E-state index contributed by atoms with van der Waals surface area (Å²) in [4.78, 5) is 13.5. The molecule has 0 aromatic carbocycles. The van der Waals surface area contributed by atoms with Gasteiger partial charge in [-0.1, -0.05) is 13.8 Å². The van der Waals surface area contributed by atoms with E-state index in [9.17, 15) is 4.79 Å². The molecule has 1 amide bonds. The molecule has 2 rings (SSSR count). The van der Waals surface area contributed by atoms with Crippen LogP contribution in [0, 0.1) is 11.3 Å². The lowest BCUT2D eigenvalue weighted by Crippen LogP contribution is -2.66. The van der Waals surface area contributed by atoms with Gasteiger partial charge in [0, 0.05) is 44.1 Å². The summed E-state index contributed by atoms with van der Waals surface area (Å²) in [5, 5.41) is 3.60.